The largest absolute Gasteiger partial charge is 0.302 e. The molecule has 4 aromatic rings. The minimum Gasteiger partial charge on any atom is -0.260 e. The smallest absolute Gasteiger partial charge is 0.260 e. The number of para-hydroxylation sites is 1. The molecule has 0 bridgehead atoms. The van der Waals surface area contributed by atoms with Crippen LogP contribution >= 0.6 is 23.1 Å². The Hall–Kier alpha value is -2.52. The first kappa shape index (κ1) is 14.1. The number of fused-ring (bicyclic) bond motifs is 3. The number of hydrogen-bond acceptors (Lipinski definition) is 7. The lowest BCUT2D eigenvalue weighted by molar-refractivity contribution is -0.388. The Labute approximate surface area is 138 Å². The van der Waals surface area contributed by atoms with E-state index in [1.54, 1.807) is 13.1 Å². The molecule has 114 valence electrons. The topological polar surface area (TPSA) is 86.2 Å². The van der Waals surface area contributed by atoms with Crippen LogP contribution in [0.25, 0.3) is 15.2 Å². The first-order valence-corrected chi connectivity index (χ1v) is 8.28. The summed E-state index contributed by atoms with van der Waals surface area (Å²) in [7, 11) is 0. The maximum atomic E-state index is 11.2. The number of benzene rings is 1. The predicted molar refractivity (Wildman–Crippen MR) is 88.1 cm³/mol. The van der Waals surface area contributed by atoms with Crippen molar-refractivity contribution in [3.8, 4) is 0 Å². The van der Waals surface area contributed by atoms with Crippen LogP contribution in [-0.4, -0.2) is 24.5 Å². The van der Waals surface area contributed by atoms with E-state index in [1.807, 2.05) is 28.7 Å². The zero-order chi connectivity index (χ0) is 16.0. The van der Waals surface area contributed by atoms with Crippen LogP contribution in [0.15, 0.2) is 46.7 Å². The maximum Gasteiger partial charge on any atom is 0.302 e. The van der Waals surface area contributed by atoms with Gasteiger partial charge >= 0.3 is 5.69 Å². The summed E-state index contributed by atoms with van der Waals surface area (Å²) in [6.45, 7) is 1.77. The molecule has 0 radical (unpaired) electrons. The molecule has 3 aromatic heterocycles. The van der Waals surface area contributed by atoms with Crippen LogP contribution in [0.5, 0.6) is 0 Å². The van der Waals surface area contributed by atoms with Gasteiger partial charge in [0.1, 0.15) is 0 Å². The molecule has 0 N–H and O–H groups in total. The van der Waals surface area contributed by atoms with Gasteiger partial charge in [0.05, 0.1) is 15.1 Å². The van der Waals surface area contributed by atoms with Gasteiger partial charge in [0.25, 0.3) is 0 Å². The number of thiazole rings is 1. The molecule has 0 saturated heterocycles. The second-order valence-corrected chi connectivity index (χ2v) is 6.83. The average molecular weight is 343 g/mol. The molecule has 0 fully saturated rings. The number of aromatic nitrogens is 4. The van der Waals surface area contributed by atoms with E-state index >= 15 is 0 Å². The number of rotatable bonds is 3. The third kappa shape index (κ3) is 2.34. The Kier molecular flexibility index (Phi) is 3.24. The molecule has 1 aromatic carbocycles. The fourth-order valence-electron chi connectivity index (χ4n) is 2.26. The molecule has 4 rings (SSSR count). The van der Waals surface area contributed by atoms with E-state index in [0.717, 1.165) is 32.5 Å². The highest BCUT2D eigenvalue weighted by atomic mass is 32.2. The number of hydrogen-bond donors (Lipinski definition) is 0. The highest BCUT2D eigenvalue weighted by molar-refractivity contribution is 7.99. The van der Waals surface area contributed by atoms with E-state index in [-0.39, 0.29) is 5.69 Å². The molecule has 0 atom stereocenters. The number of aryl methyl sites for hydroxylation is 1. The first-order chi connectivity index (χ1) is 11.1. The van der Waals surface area contributed by atoms with Gasteiger partial charge in [0.15, 0.2) is 5.03 Å². The SMILES string of the molecule is Cc1cnc(Sc2nnc3sc4ccccc4n23)c([N+](=O)[O-])c1. The van der Waals surface area contributed by atoms with Crippen molar-refractivity contribution in [2.75, 3.05) is 0 Å². The van der Waals surface area contributed by atoms with Crippen molar-refractivity contribution in [1.82, 2.24) is 19.6 Å². The molecular formula is C14H9N5O2S2. The molecule has 0 saturated carbocycles. The molecule has 0 spiro atoms. The minimum atomic E-state index is -0.424. The highest BCUT2D eigenvalue weighted by Crippen LogP contribution is 2.35. The quantitative estimate of drug-likeness (QED) is 0.416. The van der Waals surface area contributed by atoms with Gasteiger partial charge in [-0.1, -0.05) is 23.5 Å². The molecule has 0 aliphatic rings. The summed E-state index contributed by atoms with van der Waals surface area (Å²) < 4.78 is 2.99. The van der Waals surface area contributed by atoms with Gasteiger partial charge in [0, 0.05) is 12.3 Å². The van der Waals surface area contributed by atoms with E-state index in [4.69, 9.17) is 0 Å². The van der Waals surface area contributed by atoms with Crippen molar-refractivity contribution < 1.29 is 4.92 Å². The molecule has 3 heterocycles. The van der Waals surface area contributed by atoms with Gasteiger partial charge in [-0.25, -0.2) is 4.98 Å². The van der Waals surface area contributed by atoms with Gasteiger partial charge in [-0.05, 0) is 36.4 Å². The van der Waals surface area contributed by atoms with Gasteiger partial charge in [-0.3, -0.25) is 14.5 Å². The van der Waals surface area contributed by atoms with Crippen molar-refractivity contribution in [1.29, 1.82) is 0 Å². The van der Waals surface area contributed by atoms with Crippen LogP contribution in [0.2, 0.25) is 0 Å². The van der Waals surface area contributed by atoms with Crippen molar-refractivity contribution >= 4 is 44.0 Å². The third-order valence-corrected chi connectivity index (χ3v) is 5.23. The lowest BCUT2D eigenvalue weighted by atomic mass is 10.3. The lowest BCUT2D eigenvalue weighted by Crippen LogP contribution is -1.95. The monoisotopic (exact) mass is 343 g/mol. The summed E-state index contributed by atoms with van der Waals surface area (Å²) in [5.41, 5.74) is 1.70. The molecule has 0 unspecified atom stereocenters. The molecular weight excluding hydrogens is 334 g/mol. The molecule has 7 nitrogen and oxygen atoms in total. The zero-order valence-corrected chi connectivity index (χ0v) is 13.5. The average Bonchev–Trinajstić information content (AvgIpc) is 3.08. The van der Waals surface area contributed by atoms with Crippen LogP contribution < -0.4 is 0 Å². The Morgan fingerprint density at radius 2 is 2.13 bits per heavy atom. The molecule has 23 heavy (non-hydrogen) atoms. The molecule has 0 aliphatic heterocycles. The van der Waals surface area contributed by atoms with Crippen molar-refractivity contribution in [3.05, 3.63) is 52.2 Å². The van der Waals surface area contributed by atoms with Gasteiger partial charge in [-0.15, -0.1) is 10.2 Å². The molecule has 0 amide bonds. The number of nitro groups is 1. The second kappa shape index (κ2) is 5.28. The standard InChI is InChI=1S/C14H9N5O2S2/c1-8-6-10(19(20)21)12(15-7-8)23-14-17-16-13-18(14)9-4-2-3-5-11(9)22-13/h2-7H,1H3. The van der Waals surface area contributed by atoms with Crippen LogP contribution in [0.1, 0.15) is 5.56 Å². The minimum absolute atomic E-state index is 0.0220. The normalized spacial score (nSPS) is 11.3. The van der Waals surface area contributed by atoms with Gasteiger partial charge < -0.3 is 0 Å². The molecule has 0 aliphatic carbocycles. The van der Waals surface area contributed by atoms with Gasteiger partial charge in [0.2, 0.25) is 10.1 Å². The summed E-state index contributed by atoms with van der Waals surface area (Å²) >= 11 is 2.68. The number of nitrogens with zero attached hydrogens (tertiary/aromatic N) is 5. The zero-order valence-electron chi connectivity index (χ0n) is 11.8. The van der Waals surface area contributed by atoms with Crippen molar-refractivity contribution in [2.45, 2.75) is 17.1 Å². The first-order valence-electron chi connectivity index (χ1n) is 6.65. The van der Waals surface area contributed by atoms with Crippen LogP contribution in [0.4, 0.5) is 5.69 Å². The Bertz CT molecular complexity index is 1060. The summed E-state index contributed by atoms with van der Waals surface area (Å²) in [5.74, 6) is 0. The number of pyridine rings is 1. The van der Waals surface area contributed by atoms with Gasteiger partial charge in [-0.2, -0.15) is 0 Å². The summed E-state index contributed by atoms with van der Waals surface area (Å²) in [6, 6.07) is 9.40. The van der Waals surface area contributed by atoms with Crippen molar-refractivity contribution in [2.24, 2.45) is 0 Å². The molecule has 9 heteroatoms. The summed E-state index contributed by atoms with van der Waals surface area (Å²) in [4.78, 5) is 15.8. The lowest BCUT2D eigenvalue weighted by Gasteiger charge is -2.01. The Balaban J connectivity index is 1.86. The van der Waals surface area contributed by atoms with Crippen LogP contribution in [0, 0.1) is 17.0 Å². The van der Waals surface area contributed by atoms with E-state index in [1.165, 1.54) is 17.4 Å². The Morgan fingerprint density at radius 1 is 1.30 bits per heavy atom. The van der Waals surface area contributed by atoms with Crippen molar-refractivity contribution in [3.63, 3.8) is 0 Å². The van der Waals surface area contributed by atoms with E-state index < -0.39 is 4.92 Å². The van der Waals surface area contributed by atoms with Crippen LogP contribution in [0.3, 0.4) is 0 Å². The van der Waals surface area contributed by atoms with E-state index in [0.29, 0.717) is 10.2 Å². The fourth-order valence-corrected chi connectivity index (χ4v) is 4.16. The van der Waals surface area contributed by atoms with Crippen LogP contribution in [-0.2, 0) is 0 Å². The Morgan fingerprint density at radius 3 is 2.96 bits per heavy atom. The second-order valence-electron chi connectivity index (χ2n) is 4.87. The van der Waals surface area contributed by atoms with E-state index in [2.05, 4.69) is 15.2 Å². The maximum absolute atomic E-state index is 11.2. The predicted octanol–water partition coefficient (Wildman–Crippen LogP) is 3.71. The highest BCUT2D eigenvalue weighted by Gasteiger charge is 2.20. The third-order valence-electron chi connectivity index (χ3n) is 3.26. The fraction of sp³-hybridized carbons (Fsp3) is 0.0714. The summed E-state index contributed by atoms with van der Waals surface area (Å²) in [5, 5.41) is 20.4. The van der Waals surface area contributed by atoms with E-state index in [9.17, 15) is 10.1 Å². The summed E-state index contributed by atoms with van der Waals surface area (Å²) in [6.07, 6.45) is 1.61.